The van der Waals surface area contributed by atoms with Crippen molar-refractivity contribution in [1.82, 2.24) is 41.3 Å². The maximum atomic E-state index is 14.0. The fourth-order valence-electron chi connectivity index (χ4n) is 7.87. The minimum absolute atomic E-state index is 0.0373. The first kappa shape index (κ1) is 66.2. The lowest BCUT2D eigenvalue weighted by atomic mass is 9.94. The summed E-state index contributed by atoms with van der Waals surface area (Å²) in [6, 6.07) is 9.66. The lowest BCUT2D eigenvalue weighted by Gasteiger charge is -2.30. The fraction of sp³-hybridized carbons (Fsp3) is 0.526. The number of carbonyl (C=O) groups is 10. The van der Waals surface area contributed by atoms with Crippen LogP contribution in [-0.2, 0) is 49.6 Å². The summed E-state index contributed by atoms with van der Waals surface area (Å²) in [4.78, 5) is 144. The van der Waals surface area contributed by atoms with Crippen LogP contribution in [0.5, 0.6) is 5.75 Å². The van der Waals surface area contributed by atoms with Gasteiger partial charge in [-0.05, 0) is 94.7 Å². The smallest absolute Gasteiger partial charge is 0.415 e. The first-order valence-electron chi connectivity index (χ1n) is 27.2. The molecule has 2 unspecified atom stereocenters. The zero-order chi connectivity index (χ0) is 60.7. The number of benzene rings is 2. The van der Waals surface area contributed by atoms with E-state index in [-0.39, 0.29) is 94.6 Å². The fourth-order valence-corrected chi connectivity index (χ4v) is 7.87. The Morgan fingerprint density at radius 2 is 1.33 bits per heavy atom. The number of hydrogen-bond acceptors (Lipinski definition) is 15. The Hall–Kier alpha value is -8.35. The van der Waals surface area contributed by atoms with Crippen molar-refractivity contribution in [2.45, 2.75) is 130 Å². The molecule has 11 amide bonds. The number of rotatable bonds is 31. The van der Waals surface area contributed by atoms with E-state index in [0.29, 0.717) is 42.5 Å². The van der Waals surface area contributed by atoms with Crippen LogP contribution in [-0.4, -0.2) is 151 Å². The van der Waals surface area contributed by atoms with Crippen LogP contribution in [0.2, 0.25) is 0 Å². The van der Waals surface area contributed by atoms with Crippen LogP contribution in [0.3, 0.4) is 0 Å². The molecule has 2 heterocycles. The van der Waals surface area contributed by atoms with Gasteiger partial charge in [-0.3, -0.25) is 38.5 Å². The van der Waals surface area contributed by atoms with Crippen LogP contribution < -0.4 is 48.0 Å². The molecule has 4 rings (SSSR count). The highest BCUT2D eigenvalue weighted by molar-refractivity contribution is 6.12. The molecular weight excluding hydrogens is 1060 g/mol. The monoisotopic (exact) mass is 1140 g/mol. The number of carbonyl (C=O) groups excluding carboxylic acids is 10. The Bertz CT molecular complexity index is 2810. The van der Waals surface area contributed by atoms with Crippen LogP contribution in [0.1, 0.15) is 105 Å². The summed E-state index contributed by atoms with van der Waals surface area (Å²) in [5, 5.41) is 17.0. The van der Waals surface area contributed by atoms with E-state index in [9.17, 15) is 52.7 Å². The quantitative estimate of drug-likeness (QED) is 0.0270. The van der Waals surface area contributed by atoms with Gasteiger partial charge in [0.15, 0.2) is 0 Å². The lowest BCUT2D eigenvalue weighted by Crippen LogP contribution is -2.55. The number of primary amides is 1. The molecule has 25 heteroatoms. The summed E-state index contributed by atoms with van der Waals surface area (Å²) in [5.74, 6) is -3.97. The molecule has 8 N–H and O–H groups in total. The summed E-state index contributed by atoms with van der Waals surface area (Å²) >= 11 is 0. The Morgan fingerprint density at radius 1 is 0.695 bits per heavy atom. The number of nitrogens with zero attached hydrogens (tertiary/aromatic N) is 3. The molecule has 0 radical (unpaired) electrons. The predicted molar refractivity (Wildman–Crippen MR) is 303 cm³/mol. The van der Waals surface area contributed by atoms with Crippen LogP contribution in [0.15, 0.2) is 76.0 Å². The van der Waals surface area contributed by atoms with E-state index in [1.807, 2.05) is 34.6 Å². The van der Waals surface area contributed by atoms with Gasteiger partial charge in [0.05, 0.1) is 12.2 Å². The highest BCUT2D eigenvalue weighted by atomic mass is 16.6. The minimum atomic E-state index is -1.16. The molecule has 3 atom stereocenters. The van der Waals surface area contributed by atoms with E-state index >= 15 is 0 Å². The normalized spacial score (nSPS) is 13.4. The topological polar surface area (TPSA) is 337 Å². The van der Waals surface area contributed by atoms with Crippen LogP contribution >= 0.6 is 0 Å². The molecule has 25 nitrogen and oxygen atoms in total. The Labute approximate surface area is 477 Å². The molecule has 0 aliphatic carbocycles. The SMILES string of the molecule is CC(C)C(NC(=O)CCC(NC(=O)CCCCCN1C(=O)C=CC1=O)C(=O)NCC(C)(C)COC(C)(C)C)C(=O)N[C@@H](CCCNC(N)=O)C(=O)Nc1ccc(COC(=O)N(C)CCN(C)C(=O)Oc2ccc3ccc(=O)oc3c2)cc1. The number of unbranched alkanes of at least 4 members (excludes halogenated alkanes) is 2. The van der Waals surface area contributed by atoms with Crippen molar-refractivity contribution < 1.29 is 66.6 Å². The number of nitrogens with two attached hydrogens (primary N) is 1. The highest BCUT2D eigenvalue weighted by Gasteiger charge is 2.31. The van der Waals surface area contributed by atoms with Crippen molar-refractivity contribution in [1.29, 1.82) is 0 Å². The number of urea groups is 1. The largest absolute Gasteiger partial charge is 0.445 e. The molecule has 0 fully saturated rings. The van der Waals surface area contributed by atoms with Crippen LogP contribution in [0.25, 0.3) is 11.0 Å². The van der Waals surface area contributed by atoms with Crippen molar-refractivity contribution in [2.75, 3.05) is 58.7 Å². The van der Waals surface area contributed by atoms with Gasteiger partial charge >= 0.3 is 23.8 Å². The predicted octanol–water partition coefficient (Wildman–Crippen LogP) is 4.21. The van der Waals surface area contributed by atoms with Gasteiger partial charge in [0.25, 0.3) is 11.8 Å². The van der Waals surface area contributed by atoms with Crippen molar-refractivity contribution in [2.24, 2.45) is 17.1 Å². The average Bonchev–Trinajstić information content (AvgIpc) is 3.83. The summed E-state index contributed by atoms with van der Waals surface area (Å²) in [5.41, 5.74) is 4.94. The van der Waals surface area contributed by atoms with Crippen LogP contribution in [0, 0.1) is 11.3 Å². The number of amides is 11. The molecule has 0 bridgehead atoms. The van der Waals surface area contributed by atoms with Gasteiger partial charge in [-0.25, -0.2) is 19.2 Å². The van der Waals surface area contributed by atoms with E-state index in [4.69, 9.17) is 24.4 Å². The summed E-state index contributed by atoms with van der Waals surface area (Å²) in [7, 11) is 2.99. The number of imide groups is 1. The third-order valence-corrected chi connectivity index (χ3v) is 12.8. The average molecular weight is 1150 g/mol. The molecule has 82 heavy (non-hydrogen) atoms. The molecule has 0 saturated heterocycles. The van der Waals surface area contributed by atoms with Gasteiger partial charge < -0.3 is 66.1 Å². The highest BCUT2D eigenvalue weighted by Crippen LogP contribution is 2.22. The number of fused-ring (bicyclic) bond motifs is 1. The molecule has 1 aliphatic heterocycles. The Morgan fingerprint density at radius 3 is 1.98 bits per heavy atom. The molecule has 1 aromatic heterocycles. The molecule has 3 aromatic rings. The van der Waals surface area contributed by atoms with E-state index in [1.54, 1.807) is 56.3 Å². The number of hydrogen-bond donors (Lipinski definition) is 7. The molecular formula is C57H80N10O15. The Balaban J connectivity index is 1.31. The van der Waals surface area contributed by atoms with Gasteiger partial charge in [-0.2, -0.15) is 0 Å². The second-order valence-electron chi connectivity index (χ2n) is 22.1. The molecule has 448 valence electrons. The third-order valence-electron chi connectivity index (χ3n) is 12.8. The molecule has 0 spiro atoms. The van der Waals surface area contributed by atoms with E-state index in [1.165, 1.54) is 48.2 Å². The molecule has 2 aromatic carbocycles. The first-order valence-corrected chi connectivity index (χ1v) is 27.2. The van der Waals surface area contributed by atoms with Crippen molar-refractivity contribution in [3.8, 4) is 5.75 Å². The second kappa shape index (κ2) is 31.6. The number of ether oxygens (including phenoxy) is 3. The van der Waals surface area contributed by atoms with Gasteiger partial charge in [0, 0.05) is 100 Å². The summed E-state index contributed by atoms with van der Waals surface area (Å²) < 4.78 is 21.9. The number of likely N-dealkylation sites (N-methyl/N-ethyl adjacent to an activating group) is 2. The van der Waals surface area contributed by atoms with Crippen molar-refractivity contribution in [3.63, 3.8) is 0 Å². The van der Waals surface area contributed by atoms with Gasteiger partial charge in [0.1, 0.15) is 36.1 Å². The van der Waals surface area contributed by atoms with Gasteiger partial charge in [-0.15, -0.1) is 0 Å². The van der Waals surface area contributed by atoms with Crippen LogP contribution in [0.4, 0.5) is 20.1 Å². The third kappa shape index (κ3) is 23.4. The summed E-state index contributed by atoms with van der Waals surface area (Å²) in [6.07, 6.45) is 2.34. The number of anilines is 1. The van der Waals surface area contributed by atoms with Crippen molar-refractivity contribution >= 4 is 76.2 Å². The minimum Gasteiger partial charge on any atom is -0.445 e. The standard InChI is InChI=1S/C57H80N10O15/c1-36(2)49(64-45(69)24-23-42(50(73)60-34-57(6,7)35-80-56(3,4)5)62-44(68)15-11-10-12-29-67-46(70)25-26-47(67)71)52(75)63-41(14-13-28-59-53(58)76)51(74)61-39-20-16-37(17-21-39)33-79-54(77)65(8)30-31-66(9)55(78)81-40-22-18-38-19-27-48(72)82-43(38)32-40/h16-22,25-27,32,36,41-42,49H,10-15,23-24,28-31,33-35H2,1-9H3,(H,60,73)(H,61,74)(H,62,68)(H,63,75)(H,64,69)(H3,58,59,76)/t41-,42?,49?/m0/s1. The van der Waals surface area contributed by atoms with Gasteiger partial charge in [0.2, 0.25) is 29.5 Å². The number of nitrogens with one attached hydrogen (secondary N) is 6. The maximum absolute atomic E-state index is 14.0. The first-order chi connectivity index (χ1) is 38.6. The van der Waals surface area contributed by atoms with E-state index < -0.39 is 88.4 Å². The molecule has 0 saturated carbocycles. The maximum Gasteiger partial charge on any atom is 0.415 e. The zero-order valence-electron chi connectivity index (χ0n) is 48.3. The second-order valence-corrected chi connectivity index (χ2v) is 22.1. The van der Waals surface area contributed by atoms with Crippen molar-refractivity contribution in [3.05, 3.63) is 82.7 Å². The van der Waals surface area contributed by atoms with E-state index in [0.717, 1.165) is 4.90 Å². The van der Waals surface area contributed by atoms with Gasteiger partial charge in [-0.1, -0.05) is 46.2 Å². The molecule has 1 aliphatic rings. The lowest BCUT2D eigenvalue weighted by molar-refractivity contribution is -0.137. The zero-order valence-corrected chi connectivity index (χ0v) is 48.3. The van der Waals surface area contributed by atoms with E-state index in [2.05, 4.69) is 31.9 Å². The Kier molecular flexibility index (Phi) is 25.5. The summed E-state index contributed by atoms with van der Waals surface area (Å²) in [6.45, 7) is 13.9.